The predicted molar refractivity (Wildman–Crippen MR) is 87.4 cm³/mol. The average molecular weight is 297 g/mol. The lowest BCUT2D eigenvalue weighted by Gasteiger charge is -2.10. The van der Waals surface area contributed by atoms with Gasteiger partial charge in [0.1, 0.15) is 17.9 Å². The molecular weight excluding hydrogens is 278 g/mol. The highest BCUT2D eigenvalue weighted by atomic mass is 16.3. The van der Waals surface area contributed by atoms with E-state index in [2.05, 4.69) is 15.3 Å². The number of hydrogen-bond donors (Lipinski definition) is 3. The molecule has 1 unspecified atom stereocenters. The van der Waals surface area contributed by atoms with Gasteiger partial charge in [0.25, 0.3) is 0 Å². The average Bonchev–Trinajstić information content (AvgIpc) is 2.49. The first-order valence-corrected chi connectivity index (χ1v) is 6.97. The monoisotopic (exact) mass is 297 g/mol. The van der Waals surface area contributed by atoms with Crippen LogP contribution in [0, 0.1) is 0 Å². The number of aliphatic hydroxyl groups is 1. The number of rotatable bonds is 5. The fourth-order valence-electron chi connectivity index (χ4n) is 1.87. The zero-order valence-corrected chi connectivity index (χ0v) is 12.6. The van der Waals surface area contributed by atoms with Gasteiger partial charge in [-0.3, -0.25) is 0 Å². The molecule has 0 saturated heterocycles. The van der Waals surface area contributed by atoms with Gasteiger partial charge in [0.15, 0.2) is 0 Å². The molecule has 0 aliphatic heterocycles. The highest BCUT2D eigenvalue weighted by Gasteiger charge is 2.06. The Labute approximate surface area is 129 Å². The van der Waals surface area contributed by atoms with Gasteiger partial charge in [-0.25, -0.2) is 9.97 Å². The molecule has 1 atom stereocenters. The number of phenolic OH excluding ortho intramolecular Hbond substituents is 1. The molecule has 2 aromatic rings. The molecule has 5 heteroatoms. The van der Waals surface area contributed by atoms with E-state index in [9.17, 15) is 5.11 Å². The molecule has 0 saturated carbocycles. The van der Waals surface area contributed by atoms with Crippen LogP contribution in [0.5, 0.6) is 5.75 Å². The first-order chi connectivity index (χ1) is 10.6. The van der Waals surface area contributed by atoms with Gasteiger partial charge in [-0.15, -0.1) is 0 Å². The molecule has 0 radical (unpaired) electrons. The molecule has 1 aromatic carbocycles. The normalized spacial score (nSPS) is 13.3. The van der Waals surface area contributed by atoms with Crippen LogP contribution in [-0.4, -0.2) is 20.2 Å². The summed E-state index contributed by atoms with van der Waals surface area (Å²) >= 11 is 0. The SMILES string of the molecule is C/C(O)=C\C=C/C(C)c1cc(Nc2ccccc2O)ncn1. The van der Waals surface area contributed by atoms with Gasteiger partial charge in [0.2, 0.25) is 0 Å². The molecule has 22 heavy (non-hydrogen) atoms. The van der Waals surface area contributed by atoms with Crippen LogP contribution in [0.25, 0.3) is 0 Å². The van der Waals surface area contributed by atoms with Crippen LogP contribution in [0.3, 0.4) is 0 Å². The number of phenols is 1. The Balaban J connectivity index is 2.15. The maximum absolute atomic E-state index is 9.77. The van der Waals surface area contributed by atoms with Crippen LogP contribution in [-0.2, 0) is 0 Å². The number of para-hydroxylation sites is 2. The summed E-state index contributed by atoms with van der Waals surface area (Å²) in [5.41, 5.74) is 1.43. The first kappa shape index (κ1) is 15.6. The summed E-state index contributed by atoms with van der Waals surface area (Å²) in [6.45, 7) is 3.62. The van der Waals surface area contributed by atoms with Gasteiger partial charge in [-0.05, 0) is 25.1 Å². The lowest BCUT2D eigenvalue weighted by Crippen LogP contribution is -1.99. The Morgan fingerprint density at radius 1 is 1.27 bits per heavy atom. The number of aromatic nitrogens is 2. The van der Waals surface area contributed by atoms with Crippen LogP contribution < -0.4 is 5.32 Å². The number of hydrogen-bond acceptors (Lipinski definition) is 5. The van der Waals surface area contributed by atoms with Crippen molar-refractivity contribution < 1.29 is 10.2 Å². The summed E-state index contributed by atoms with van der Waals surface area (Å²) in [5.74, 6) is 1.11. The fraction of sp³-hybridized carbons (Fsp3) is 0.176. The molecule has 0 fully saturated rings. The standard InChI is InChI=1S/C17H19N3O2/c1-12(6-5-7-13(2)21)15-10-17(19-11-18-15)20-14-8-3-4-9-16(14)22/h3-12,21-22H,1-2H3,(H,18,19,20)/b6-5-,13-7+. The van der Waals surface area contributed by atoms with Crippen molar-refractivity contribution in [2.75, 3.05) is 5.32 Å². The van der Waals surface area contributed by atoms with E-state index in [4.69, 9.17) is 5.11 Å². The summed E-state index contributed by atoms with van der Waals surface area (Å²) in [6, 6.07) is 8.81. The van der Waals surface area contributed by atoms with E-state index in [0.29, 0.717) is 11.5 Å². The quantitative estimate of drug-likeness (QED) is 0.441. The van der Waals surface area contributed by atoms with E-state index < -0.39 is 0 Å². The third kappa shape index (κ3) is 4.34. The Morgan fingerprint density at radius 3 is 2.77 bits per heavy atom. The molecule has 0 bridgehead atoms. The molecule has 5 nitrogen and oxygen atoms in total. The topological polar surface area (TPSA) is 78.3 Å². The zero-order chi connectivity index (χ0) is 15.9. The second kappa shape index (κ2) is 7.26. The highest BCUT2D eigenvalue weighted by Crippen LogP contribution is 2.25. The Bertz CT molecular complexity index is 692. The van der Waals surface area contributed by atoms with Crippen molar-refractivity contribution in [1.82, 2.24) is 9.97 Å². The number of allylic oxidation sites excluding steroid dienone is 4. The molecule has 1 heterocycles. The highest BCUT2D eigenvalue weighted by molar-refractivity contribution is 5.63. The van der Waals surface area contributed by atoms with E-state index in [1.165, 1.54) is 6.33 Å². The van der Waals surface area contributed by atoms with E-state index in [0.717, 1.165) is 5.69 Å². The summed E-state index contributed by atoms with van der Waals surface area (Å²) in [7, 11) is 0. The van der Waals surface area contributed by atoms with Crippen LogP contribution in [0.4, 0.5) is 11.5 Å². The van der Waals surface area contributed by atoms with Crippen LogP contribution >= 0.6 is 0 Å². The molecule has 114 valence electrons. The second-order valence-electron chi connectivity index (χ2n) is 4.95. The number of anilines is 2. The van der Waals surface area contributed by atoms with Crippen molar-refractivity contribution >= 4 is 11.5 Å². The molecular formula is C17H19N3O2. The van der Waals surface area contributed by atoms with Crippen molar-refractivity contribution in [2.45, 2.75) is 19.8 Å². The minimum Gasteiger partial charge on any atom is -0.513 e. The third-order valence-corrected chi connectivity index (χ3v) is 3.06. The summed E-state index contributed by atoms with van der Waals surface area (Å²) in [5, 5.41) is 22.0. The molecule has 1 aromatic heterocycles. The van der Waals surface area contributed by atoms with Gasteiger partial charge in [-0.2, -0.15) is 0 Å². The first-order valence-electron chi connectivity index (χ1n) is 6.97. The van der Waals surface area contributed by atoms with Gasteiger partial charge >= 0.3 is 0 Å². The van der Waals surface area contributed by atoms with E-state index >= 15 is 0 Å². The smallest absolute Gasteiger partial charge is 0.139 e. The summed E-state index contributed by atoms with van der Waals surface area (Å²) in [6.07, 6.45) is 6.83. The fourth-order valence-corrected chi connectivity index (χ4v) is 1.87. The maximum atomic E-state index is 9.77. The molecule has 3 N–H and O–H groups in total. The van der Waals surface area contributed by atoms with Crippen LogP contribution in [0.2, 0.25) is 0 Å². The van der Waals surface area contributed by atoms with Crippen molar-refractivity contribution in [3.05, 3.63) is 66.3 Å². The van der Waals surface area contributed by atoms with E-state index in [1.807, 2.05) is 25.1 Å². The van der Waals surface area contributed by atoms with E-state index in [-0.39, 0.29) is 17.4 Å². The zero-order valence-electron chi connectivity index (χ0n) is 12.6. The third-order valence-electron chi connectivity index (χ3n) is 3.06. The molecule has 0 aliphatic rings. The van der Waals surface area contributed by atoms with Crippen molar-refractivity contribution in [3.8, 4) is 5.75 Å². The molecule has 0 spiro atoms. The number of benzene rings is 1. The molecule has 2 rings (SSSR count). The van der Waals surface area contributed by atoms with Crippen molar-refractivity contribution in [3.63, 3.8) is 0 Å². The Kier molecular flexibility index (Phi) is 5.14. The number of aromatic hydroxyl groups is 1. The van der Waals surface area contributed by atoms with Gasteiger partial charge in [-0.1, -0.05) is 31.2 Å². The summed E-state index contributed by atoms with van der Waals surface area (Å²) < 4.78 is 0. The minimum absolute atomic E-state index is 0.0727. The second-order valence-corrected chi connectivity index (χ2v) is 4.95. The summed E-state index contributed by atoms with van der Waals surface area (Å²) in [4.78, 5) is 8.41. The number of nitrogens with zero attached hydrogens (tertiary/aromatic N) is 2. The lowest BCUT2D eigenvalue weighted by molar-refractivity contribution is 0.414. The van der Waals surface area contributed by atoms with Crippen LogP contribution in [0.1, 0.15) is 25.5 Å². The lowest BCUT2D eigenvalue weighted by atomic mass is 10.1. The van der Waals surface area contributed by atoms with Gasteiger partial charge in [0.05, 0.1) is 17.1 Å². The van der Waals surface area contributed by atoms with Crippen LogP contribution in [0.15, 0.2) is 60.6 Å². The Morgan fingerprint density at radius 2 is 2.05 bits per heavy atom. The minimum atomic E-state index is 0.0727. The Hall–Kier alpha value is -2.82. The van der Waals surface area contributed by atoms with E-state index in [1.54, 1.807) is 37.3 Å². The number of nitrogens with one attached hydrogen (secondary N) is 1. The maximum Gasteiger partial charge on any atom is 0.139 e. The van der Waals surface area contributed by atoms with Crippen molar-refractivity contribution in [1.29, 1.82) is 0 Å². The number of aliphatic hydroxyl groups excluding tert-OH is 1. The largest absolute Gasteiger partial charge is 0.513 e. The van der Waals surface area contributed by atoms with Crippen molar-refractivity contribution in [2.24, 2.45) is 0 Å². The van der Waals surface area contributed by atoms with Gasteiger partial charge < -0.3 is 15.5 Å². The molecule has 0 amide bonds. The predicted octanol–water partition coefficient (Wildman–Crippen LogP) is 4.05. The molecule has 0 aliphatic carbocycles. The van der Waals surface area contributed by atoms with Gasteiger partial charge in [0, 0.05) is 12.0 Å².